The quantitative estimate of drug-likeness (QED) is 0.741. The van der Waals surface area contributed by atoms with Crippen LogP contribution in [0.3, 0.4) is 0 Å². The van der Waals surface area contributed by atoms with E-state index in [1.54, 1.807) is 22.8 Å². The molecule has 0 unspecified atom stereocenters. The monoisotopic (exact) mass is 458 g/mol. The number of alkyl halides is 2. The van der Waals surface area contributed by atoms with Crippen LogP contribution < -0.4 is 20.3 Å². The van der Waals surface area contributed by atoms with Crippen LogP contribution in [0.4, 0.5) is 25.1 Å². The summed E-state index contributed by atoms with van der Waals surface area (Å²) in [7, 11) is 0. The predicted molar refractivity (Wildman–Crippen MR) is 111 cm³/mol. The molecule has 2 amide bonds. The summed E-state index contributed by atoms with van der Waals surface area (Å²) in [6, 6.07) is 5.37. The predicted octanol–water partition coefficient (Wildman–Crippen LogP) is 1.86. The Morgan fingerprint density at radius 3 is 2.85 bits per heavy atom. The van der Waals surface area contributed by atoms with Gasteiger partial charge in [0.25, 0.3) is 6.43 Å². The fourth-order valence-corrected chi connectivity index (χ4v) is 4.62. The number of anilines is 2. The van der Waals surface area contributed by atoms with E-state index < -0.39 is 37.1 Å². The molecule has 0 spiro atoms. The van der Waals surface area contributed by atoms with Crippen LogP contribution in [0.1, 0.15) is 18.5 Å². The second kappa shape index (κ2) is 7.91. The van der Waals surface area contributed by atoms with Crippen LogP contribution in [0.2, 0.25) is 0 Å². The number of carbonyl (C=O) groups is 2. The van der Waals surface area contributed by atoms with E-state index in [9.17, 15) is 23.6 Å². The van der Waals surface area contributed by atoms with Gasteiger partial charge in [0.2, 0.25) is 5.91 Å². The van der Waals surface area contributed by atoms with Crippen LogP contribution >= 0.6 is 0 Å². The molecular formula is C21H20F2N6O4. The van der Waals surface area contributed by atoms with Crippen LogP contribution in [0.5, 0.6) is 5.75 Å². The minimum absolute atomic E-state index is 0.0247. The van der Waals surface area contributed by atoms with Gasteiger partial charge in [-0.2, -0.15) is 5.26 Å². The lowest BCUT2D eigenvalue weighted by molar-refractivity contribution is -0.119. The van der Waals surface area contributed by atoms with Crippen molar-refractivity contribution < 1.29 is 27.8 Å². The smallest absolute Gasteiger partial charge is 0.416 e. The molecule has 1 aromatic carbocycles. The lowest BCUT2D eigenvalue weighted by Gasteiger charge is -2.25. The number of hydrogen-bond acceptors (Lipinski definition) is 7. The molecule has 33 heavy (non-hydrogen) atoms. The summed E-state index contributed by atoms with van der Waals surface area (Å²) in [5, 5.41) is 9.78. The number of rotatable bonds is 4. The van der Waals surface area contributed by atoms with Gasteiger partial charge in [-0.05, 0) is 25.0 Å². The summed E-state index contributed by atoms with van der Waals surface area (Å²) in [4.78, 5) is 31.1. The molecule has 10 nitrogen and oxygen atoms in total. The standard InChI is InChI=1S/C21H20F2N6O4/c22-17(23)15-10-33-21(31)29(15)20-14(9-24)28-6-7-32-16-8-11(3-4-12(16)19(28)26-20)27-5-1-2-13(27)18(25)30/h3-4,8,13,15,17H,1-2,5-7,10H2,(H2,25,30)/t13-,15-/m0/s1. The van der Waals surface area contributed by atoms with Gasteiger partial charge in [-0.25, -0.2) is 23.5 Å². The van der Waals surface area contributed by atoms with Crippen LogP contribution in [0, 0.1) is 11.3 Å². The molecule has 5 rings (SSSR count). The van der Waals surface area contributed by atoms with Gasteiger partial charge < -0.3 is 24.7 Å². The number of imidazole rings is 1. The molecule has 1 aromatic heterocycles. The number of carbonyl (C=O) groups excluding carboxylic acids is 2. The zero-order valence-electron chi connectivity index (χ0n) is 17.4. The summed E-state index contributed by atoms with van der Waals surface area (Å²) in [6.07, 6.45) is -2.32. The third-order valence-corrected chi connectivity index (χ3v) is 6.17. The van der Waals surface area contributed by atoms with E-state index in [-0.39, 0.29) is 24.7 Å². The summed E-state index contributed by atoms with van der Waals surface area (Å²) in [5.74, 6) is 0.233. The molecule has 172 valence electrons. The molecular weight excluding hydrogens is 438 g/mol. The molecule has 0 saturated carbocycles. The van der Waals surface area contributed by atoms with Gasteiger partial charge in [0.15, 0.2) is 11.5 Å². The number of halogens is 2. The summed E-state index contributed by atoms with van der Waals surface area (Å²) < 4.78 is 39.3. The van der Waals surface area contributed by atoms with Crippen molar-refractivity contribution in [2.45, 2.75) is 37.9 Å². The molecule has 2 fully saturated rings. The number of fused-ring (bicyclic) bond motifs is 3. The average molecular weight is 458 g/mol. The van der Waals surface area contributed by atoms with Gasteiger partial charge in [-0.3, -0.25) is 4.79 Å². The number of amides is 2. The van der Waals surface area contributed by atoms with E-state index in [0.717, 1.165) is 17.0 Å². The summed E-state index contributed by atoms with van der Waals surface area (Å²) in [5.41, 5.74) is 6.81. The molecule has 12 heteroatoms. The van der Waals surface area contributed by atoms with Crippen LogP contribution in [0.25, 0.3) is 11.4 Å². The molecule has 0 aliphatic carbocycles. The van der Waals surface area contributed by atoms with Crippen molar-refractivity contribution >= 4 is 23.5 Å². The first kappa shape index (κ1) is 21.0. The number of benzene rings is 1. The fourth-order valence-electron chi connectivity index (χ4n) is 4.62. The SMILES string of the molecule is N#Cc1c(N2C(=O)OC[C@H]2C(F)F)nc2n1CCOc1cc(N3CCC[C@H]3C(N)=O)ccc1-2. The lowest BCUT2D eigenvalue weighted by atomic mass is 10.1. The summed E-state index contributed by atoms with van der Waals surface area (Å²) >= 11 is 0. The highest BCUT2D eigenvalue weighted by Crippen LogP contribution is 2.40. The first-order valence-electron chi connectivity index (χ1n) is 10.5. The molecule has 0 radical (unpaired) electrons. The highest BCUT2D eigenvalue weighted by atomic mass is 19.3. The molecule has 3 aliphatic rings. The van der Waals surface area contributed by atoms with E-state index in [4.69, 9.17) is 15.2 Å². The third-order valence-electron chi connectivity index (χ3n) is 6.17. The highest BCUT2D eigenvalue weighted by molar-refractivity contribution is 5.91. The van der Waals surface area contributed by atoms with Gasteiger partial charge in [0.1, 0.15) is 42.9 Å². The number of nitriles is 1. The third kappa shape index (κ3) is 3.31. The van der Waals surface area contributed by atoms with Crippen molar-refractivity contribution in [3.8, 4) is 23.2 Å². The first-order chi connectivity index (χ1) is 15.9. The minimum atomic E-state index is -2.86. The maximum Gasteiger partial charge on any atom is 0.416 e. The lowest BCUT2D eigenvalue weighted by Crippen LogP contribution is -2.40. The number of aromatic nitrogens is 2. The molecule has 2 saturated heterocycles. The number of cyclic esters (lactones) is 1. The number of hydrogen-bond donors (Lipinski definition) is 1. The normalized spacial score (nSPS) is 21.8. The van der Waals surface area contributed by atoms with E-state index in [0.29, 0.717) is 30.1 Å². The molecule has 2 atom stereocenters. The van der Waals surface area contributed by atoms with E-state index >= 15 is 0 Å². The zero-order chi connectivity index (χ0) is 23.3. The van der Waals surface area contributed by atoms with Crippen LogP contribution in [-0.4, -0.2) is 59.8 Å². The minimum Gasteiger partial charge on any atom is -0.491 e. The average Bonchev–Trinajstić information content (AvgIpc) is 3.48. The van der Waals surface area contributed by atoms with E-state index in [1.165, 1.54) is 0 Å². The van der Waals surface area contributed by atoms with Crippen molar-refractivity contribution in [3.05, 3.63) is 23.9 Å². The Labute approximate surface area is 187 Å². The number of ether oxygens (including phenoxy) is 2. The Hall–Kier alpha value is -3.88. The van der Waals surface area contributed by atoms with Crippen molar-refractivity contribution in [2.24, 2.45) is 5.73 Å². The van der Waals surface area contributed by atoms with Crippen LogP contribution in [0.15, 0.2) is 18.2 Å². The van der Waals surface area contributed by atoms with E-state index in [1.807, 2.05) is 11.0 Å². The number of nitrogens with two attached hydrogens (primary N) is 1. The van der Waals surface area contributed by atoms with Crippen molar-refractivity contribution in [1.29, 1.82) is 5.26 Å². The molecule has 0 bridgehead atoms. The molecule has 2 N–H and O–H groups in total. The fraction of sp³-hybridized carbons (Fsp3) is 0.429. The second-order valence-electron chi connectivity index (χ2n) is 8.00. The Bertz CT molecular complexity index is 1180. The first-order valence-corrected chi connectivity index (χ1v) is 10.5. The van der Waals surface area contributed by atoms with Gasteiger partial charge >= 0.3 is 6.09 Å². The van der Waals surface area contributed by atoms with Crippen molar-refractivity contribution in [1.82, 2.24) is 9.55 Å². The van der Waals surface area contributed by atoms with Gasteiger partial charge in [-0.1, -0.05) is 0 Å². The topological polar surface area (TPSA) is 127 Å². The Kier molecular flexibility index (Phi) is 5.03. The van der Waals surface area contributed by atoms with Crippen molar-refractivity contribution in [2.75, 3.05) is 29.6 Å². The second-order valence-corrected chi connectivity index (χ2v) is 8.00. The largest absolute Gasteiger partial charge is 0.491 e. The number of primary amides is 1. The Morgan fingerprint density at radius 1 is 1.30 bits per heavy atom. The van der Waals surface area contributed by atoms with Crippen molar-refractivity contribution in [3.63, 3.8) is 0 Å². The van der Waals surface area contributed by atoms with Gasteiger partial charge in [0.05, 0.1) is 12.1 Å². The van der Waals surface area contributed by atoms with E-state index in [2.05, 4.69) is 4.98 Å². The Balaban J connectivity index is 1.58. The van der Waals surface area contributed by atoms with Gasteiger partial charge in [-0.15, -0.1) is 0 Å². The molecule has 4 heterocycles. The molecule has 3 aliphatic heterocycles. The Morgan fingerprint density at radius 2 is 2.12 bits per heavy atom. The van der Waals surface area contributed by atoms with Crippen LogP contribution in [-0.2, 0) is 16.1 Å². The zero-order valence-corrected chi connectivity index (χ0v) is 17.4. The molecule has 2 aromatic rings. The maximum absolute atomic E-state index is 13.5. The maximum atomic E-state index is 13.5. The van der Waals surface area contributed by atoms with Gasteiger partial charge in [0, 0.05) is 18.3 Å². The summed E-state index contributed by atoms with van der Waals surface area (Å²) in [6.45, 7) is 0.611. The highest BCUT2D eigenvalue weighted by Gasteiger charge is 2.44. The number of nitrogens with zero attached hydrogens (tertiary/aromatic N) is 5.